The number of non-ortho nitro benzene ring substituents is 1. The predicted molar refractivity (Wildman–Crippen MR) is 93.8 cm³/mol. The monoisotopic (exact) mass is 388 g/mol. The number of halogens is 1. The van der Waals surface area contributed by atoms with Gasteiger partial charge in [-0.2, -0.15) is 5.26 Å². The summed E-state index contributed by atoms with van der Waals surface area (Å²) in [6.07, 6.45) is 1.63. The number of hydrogen-bond acceptors (Lipinski definition) is 5. The first-order valence-electron chi connectivity index (χ1n) is 6.78. The zero-order valence-corrected chi connectivity index (χ0v) is 14.5. The Bertz CT molecular complexity index is 856. The third kappa shape index (κ3) is 3.73. The summed E-state index contributed by atoms with van der Waals surface area (Å²) in [5.41, 5.74) is 1.38. The van der Waals surface area contributed by atoms with Crippen molar-refractivity contribution >= 4 is 33.3 Å². The number of nitrogens with zero attached hydrogens (tertiary/aromatic N) is 2. The summed E-state index contributed by atoms with van der Waals surface area (Å²) in [6, 6.07) is 11.5. The largest absolute Gasteiger partial charge is 0.493 e. The van der Waals surface area contributed by atoms with E-state index in [2.05, 4.69) is 22.0 Å². The Kier molecular flexibility index (Phi) is 5.55. The van der Waals surface area contributed by atoms with Crippen LogP contribution in [-0.2, 0) is 0 Å². The lowest BCUT2D eigenvalue weighted by Crippen LogP contribution is -1.93. The number of hydrogen-bond donors (Lipinski definition) is 0. The Morgan fingerprint density at radius 3 is 2.50 bits per heavy atom. The highest BCUT2D eigenvalue weighted by atomic mass is 79.9. The molecular weight excluding hydrogens is 376 g/mol. The van der Waals surface area contributed by atoms with Crippen LogP contribution in [0.25, 0.3) is 11.6 Å². The number of rotatable bonds is 5. The van der Waals surface area contributed by atoms with E-state index in [9.17, 15) is 15.4 Å². The minimum Gasteiger partial charge on any atom is -0.493 e. The van der Waals surface area contributed by atoms with Crippen molar-refractivity contribution in [3.05, 3.63) is 62.1 Å². The molecule has 2 aromatic carbocycles. The number of benzene rings is 2. The first-order valence-corrected chi connectivity index (χ1v) is 7.57. The van der Waals surface area contributed by atoms with Crippen LogP contribution in [0.15, 0.2) is 40.9 Å². The number of ether oxygens (including phenoxy) is 2. The first kappa shape index (κ1) is 17.5. The van der Waals surface area contributed by atoms with E-state index in [-0.39, 0.29) is 5.69 Å². The Morgan fingerprint density at radius 1 is 1.25 bits per heavy atom. The van der Waals surface area contributed by atoms with Crippen molar-refractivity contribution in [2.75, 3.05) is 14.2 Å². The molecule has 122 valence electrons. The van der Waals surface area contributed by atoms with Gasteiger partial charge < -0.3 is 9.47 Å². The smallest absolute Gasteiger partial charge is 0.270 e. The van der Waals surface area contributed by atoms with Crippen LogP contribution in [0.5, 0.6) is 11.5 Å². The third-order valence-electron chi connectivity index (χ3n) is 3.29. The molecule has 0 N–H and O–H groups in total. The minimum absolute atomic E-state index is 0.0694. The van der Waals surface area contributed by atoms with Gasteiger partial charge in [0, 0.05) is 16.6 Å². The standard InChI is InChI=1S/C17H13BrN2O4/c1-23-16-8-12(15(18)9-17(16)24-2)6-13(10-19)11-4-3-5-14(7-11)20(21)22/h3-9H,1-2H3/b13-6-. The number of methoxy groups -OCH3 is 2. The van der Waals surface area contributed by atoms with Gasteiger partial charge in [-0.05, 0) is 29.3 Å². The maximum Gasteiger partial charge on any atom is 0.270 e. The molecule has 0 aliphatic heterocycles. The Labute approximate surface area is 147 Å². The molecule has 0 fully saturated rings. The van der Waals surface area contributed by atoms with Crippen molar-refractivity contribution in [3.63, 3.8) is 0 Å². The normalized spacial score (nSPS) is 10.8. The fraction of sp³-hybridized carbons (Fsp3) is 0.118. The van der Waals surface area contributed by atoms with Gasteiger partial charge in [0.1, 0.15) is 0 Å². The fourth-order valence-corrected chi connectivity index (χ4v) is 2.54. The van der Waals surface area contributed by atoms with E-state index in [0.717, 1.165) is 0 Å². The molecule has 0 atom stereocenters. The van der Waals surface area contributed by atoms with Crippen molar-refractivity contribution < 1.29 is 14.4 Å². The lowest BCUT2D eigenvalue weighted by molar-refractivity contribution is -0.384. The number of allylic oxidation sites excluding steroid dienone is 1. The fourth-order valence-electron chi connectivity index (χ4n) is 2.10. The number of nitro benzene ring substituents is 1. The summed E-state index contributed by atoms with van der Waals surface area (Å²) >= 11 is 3.42. The lowest BCUT2D eigenvalue weighted by atomic mass is 10.0. The van der Waals surface area contributed by atoms with Crippen LogP contribution in [0.2, 0.25) is 0 Å². The van der Waals surface area contributed by atoms with Crippen LogP contribution in [-0.4, -0.2) is 19.1 Å². The quantitative estimate of drug-likeness (QED) is 0.327. The highest BCUT2D eigenvalue weighted by Crippen LogP contribution is 2.35. The van der Waals surface area contributed by atoms with Crippen LogP contribution < -0.4 is 9.47 Å². The molecule has 0 aromatic heterocycles. The van der Waals surface area contributed by atoms with Gasteiger partial charge >= 0.3 is 0 Å². The SMILES string of the molecule is COc1cc(Br)c(/C=C(/C#N)c2cccc([N+](=O)[O-])c2)cc1OC. The van der Waals surface area contributed by atoms with E-state index >= 15 is 0 Å². The van der Waals surface area contributed by atoms with Gasteiger partial charge in [0.25, 0.3) is 5.69 Å². The van der Waals surface area contributed by atoms with Crippen LogP contribution >= 0.6 is 15.9 Å². The van der Waals surface area contributed by atoms with Gasteiger partial charge in [0.05, 0.1) is 30.8 Å². The van der Waals surface area contributed by atoms with Gasteiger partial charge in [-0.25, -0.2) is 0 Å². The number of nitriles is 1. The molecule has 0 aliphatic rings. The highest BCUT2D eigenvalue weighted by Gasteiger charge is 2.12. The van der Waals surface area contributed by atoms with E-state index in [4.69, 9.17) is 9.47 Å². The van der Waals surface area contributed by atoms with Crippen molar-refractivity contribution in [1.29, 1.82) is 5.26 Å². The summed E-state index contributed by atoms with van der Waals surface area (Å²) in [4.78, 5) is 10.4. The predicted octanol–water partition coefficient (Wildman–Crippen LogP) is 4.44. The summed E-state index contributed by atoms with van der Waals surface area (Å²) < 4.78 is 11.2. The molecule has 0 bridgehead atoms. The topological polar surface area (TPSA) is 85.4 Å². The zero-order chi connectivity index (χ0) is 17.7. The van der Waals surface area contributed by atoms with Gasteiger partial charge in [-0.3, -0.25) is 10.1 Å². The zero-order valence-electron chi connectivity index (χ0n) is 12.9. The van der Waals surface area contributed by atoms with Crippen LogP contribution in [0.3, 0.4) is 0 Å². The maximum absolute atomic E-state index is 10.9. The first-order chi connectivity index (χ1) is 11.5. The summed E-state index contributed by atoms with van der Waals surface area (Å²) in [7, 11) is 3.05. The molecule has 2 rings (SSSR count). The van der Waals surface area contributed by atoms with Crippen molar-refractivity contribution in [2.45, 2.75) is 0 Å². The molecule has 6 nitrogen and oxygen atoms in total. The minimum atomic E-state index is -0.495. The second-order valence-electron chi connectivity index (χ2n) is 4.71. The van der Waals surface area contributed by atoms with E-state index < -0.39 is 4.92 Å². The molecule has 7 heteroatoms. The molecule has 0 saturated carbocycles. The summed E-state index contributed by atoms with van der Waals surface area (Å²) in [5.74, 6) is 1.07. The lowest BCUT2D eigenvalue weighted by Gasteiger charge is -2.10. The van der Waals surface area contributed by atoms with E-state index in [1.807, 2.05) is 0 Å². The Balaban J connectivity index is 2.54. The average Bonchev–Trinajstić information content (AvgIpc) is 2.60. The molecule has 0 unspecified atom stereocenters. The molecule has 0 heterocycles. The second kappa shape index (κ2) is 7.62. The molecule has 0 saturated heterocycles. The molecule has 24 heavy (non-hydrogen) atoms. The second-order valence-corrected chi connectivity index (χ2v) is 5.56. The highest BCUT2D eigenvalue weighted by molar-refractivity contribution is 9.10. The average molecular weight is 389 g/mol. The van der Waals surface area contributed by atoms with Crippen molar-refractivity contribution in [3.8, 4) is 17.6 Å². The van der Waals surface area contributed by atoms with Crippen LogP contribution in [0, 0.1) is 21.4 Å². The number of nitro groups is 1. The van der Waals surface area contributed by atoms with Crippen LogP contribution in [0.4, 0.5) is 5.69 Å². The molecular formula is C17H13BrN2O4. The van der Waals surface area contributed by atoms with E-state index in [1.165, 1.54) is 26.4 Å². The van der Waals surface area contributed by atoms with Crippen LogP contribution in [0.1, 0.15) is 11.1 Å². The maximum atomic E-state index is 10.9. The third-order valence-corrected chi connectivity index (χ3v) is 3.98. The molecule has 0 aliphatic carbocycles. The van der Waals surface area contributed by atoms with Gasteiger partial charge in [-0.1, -0.05) is 28.1 Å². The van der Waals surface area contributed by atoms with Crippen molar-refractivity contribution in [2.24, 2.45) is 0 Å². The summed E-state index contributed by atoms with van der Waals surface area (Å²) in [5, 5.41) is 20.3. The van der Waals surface area contributed by atoms with Gasteiger partial charge in [0.15, 0.2) is 11.5 Å². The van der Waals surface area contributed by atoms with Gasteiger partial charge in [-0.15, -0.1) is 0 Å². The van der Waals surface area contributed by atoms with E-state index in [1.54, 1.807) is 30.3 Å². The Hall–Kier alpha value is -2.85. The van der Waals surface area contributed by atoms with Gasteiger partial charge in [0.2, 0.25) is 0 Å². The van der Waals surface area contributed by atoms with E-state index in [0.29, 0.717) is 32.7 Å². The Morgan fingerprint density at radius 2 is 1.92 bits per heavy atom. The molecule has 2 aromatic rings. The van der Waals surface area contributed by atoms with Crippen molar-refractivity contribution in [1.82, 2.24) is 0 Å². The molecule has 0 radical (unpaired) electrons. The summed E-state index contributed by atoms with van der Waals surface area (Å²) in [6.45, 7) is 0. The molecule has 0 amide bonds. The molecule has 0 spiro atoms.